The number of piperazine rings is 1. The number of aromatic nitrogens is 1. The van der Waals surface area contributed by atoms with Gasteiger partial charge in [0, 0.05) is 54.8 Å². The molecule has 4 rings (SSSR count). The Kier molecular flexibility index (Phi) is 5.22. The molecule has 29 heavy (non-hydrogen) atoms. The minimum Gasteiger partial charge on any atom is -0.345 e. The maximum absolute atomic E-state index is 13.1. The second-order valence-corrected chi connectivity index (χ2v) is 7.45. The third-order valence-electron chi connectivity index (χ3n) is 4.77. The van der Waals surface area contributed by atoms with Crippen molar-refractivity contribution in [3.05, 3.63) is 75.4 Å². The molecule has 7 nitrogen and oxygen atoms in total. The number of nitrogens with zero attached hydrogens (tertiary/aromatic N) is 4. The van der Waals surface area contributed by atoms with E-state index >= 15 is 0 Å². The molecule has 1 aromatic heterocycles. The summed E-state index contributed by atoms with van der Waals surface area (Å²) >= 11 is 1.51. The van der Waals surface area contributed by atoms with Crippen LogP contribution in [0, 0.1) is 15.9 Å². The Bertz CT molecular complexity index is 1050. The molecule has 0 N–H and O–H groups in total. The first-order valence-electron chi connectivity index (χ1n) is 9.01. The fourth-order valence-corrected chi connectivity index (χ4v) is 4.09. The number of nitro groups is 1. The number of rotatable bonds is 4. The molecule has 148 valence electrons. The number of carbonyl (C=O) groups excluding carboxylic acids is 1. The number of carbonyl (C=O) groups is 1. The Balaban J connectivity index is 1.41. The molecule has 0 saturated carbocycles. The lowest BCUT2D eigenvalue weighted by Crippen LogP contribution is -2.48. The maximum atomic E-state index is 13.1. The number of hydrogen-bond donors (Lipinski definition) is 0. The predicted molar refractivity (Wildman–Crippen MR) is 109 cm³/mol. The van der Waals surface area contributed by atoms with E-state index in [0.29, 0.717) is 31.7 Å². The highest BCUT2D eigenvalue weighted by atomic mass is 32.1. The van der Waals surface area contributed by atoms with Crippen molar-refractivity contribution in [1.29, 1.82) is 0 Å². The second kappa shape index (κ2) is 7.96. The third-order valence-corrected chi connectivity index (χ3v) is 5.67. The molecule has 0 bridgehead atoms. The topological polar surface area (TPSA) is 79.6 Å². The number of hydrogen-bond acceptors (Lipinski definition) is 6. The van der Waals surface area contributed by atoms with E-state index in [0.717, 1.165) is 16.4 Å². The van der Waals surface area contributed by atoms with Gasteiger partial charge in [-0.2, -0.15) is 0 Å². The van der Waals surface area contributed by atoms with Gasteiger partial charge in [-0.1, -0.05) is 6.07 Å². The van der Waals surface area contributed by atoms with Gasteiger partial charge in [0.1, 0.15) is 5.82 Å². The molecule has 1 fully saturated rings. The van der Waals surface area contributed by atoms with Gasteiger partial charge in [-0.3, -0.25) is 14.9 Å². The molecule has 1 saturated heterocycles. The fraction of sp³-hybridized carbons (Fsp3) is 0.200. The lowest BCUT2D eigenvalue weighted by atomic mass is 10.1. The molecule has 1 aliphatic rings. The van der Waals surface area contributed by atoms with Crippen molar-refractivity contribution in [1.82, 2.24) is 9.88 Å². The SMILES string of the molecule is O=C(c1cccc([N+](=O)[O-])c1)N1CCN(c2nc(-c3ccc(F)cc3)cs2)CC1. The standard InChI is InChI=1S/C20H17FN4O3S/c21-16-6-4-14(5-7-16)18-13-29-20(22-18)24-10-8-23(9-11-24)19(26)15-2-1-3-17(12-15)25(27)28/h1-7,12-13H,8-11H2. The van der Waals surface area contributed by atoms with E-state index in [1.165, 1.54) is 41.7 Å². The van der Waals surface area contributed by atoms with E-state index in [-0.39, 0.29) is 17.4 Å². The normalized spacial score (nSPS) is 14.1. The molecule has 0 atom stereocenters. The summed E-state index contributed by atoms with van der Waals surface area (Å²) in [5.41, 5.74) is 1.87. The van der Waals surface area contributed by atoms with Gasteiger partial charge in [-0.25, -0.2) is 9.37 Å². The molecule has 1 amide bonds. The number of nitro benzene ring substituents is 1. The smallest absolute Gasteiger partial charge is 0.270 e. The van der Waals surface area contributed by atoms with Gasteiger partial charge in [0.25, 0.3) is 11.6 Å². The maximum Gasteiger partial charge on any atom is 0.270 e. The van der Waals surface area contributed by atoms with Gasteiger partial charge in [-0.05, 0) is 30.3 Å². The molecule has 3 aromatic rings. The number of benzene rings is 2. The number of thiazole rings is 1. The number of halogens is 1. The van der Waals surface area contributed by atoms with E-state index in [4.69, 9.17) is 0 Å². The molecule has 2 aromatic carbocycles. The highest BCUT2D eigenvalue weighted by molar-refractivity contribution is 7.14. The van der Waals surface area contributed by atoms with Crippen molar-refractivity contribution in [3.63, 3.8) is 0 Å². The summed E-state index contributed by atoms with van der Waals surface area (Å²) < 4.78 is 13.1. The van der Waals surface area contributed by atoms with Crippen LogP contribution in [-0.4, -0.2) is 46.9 Å². The summed E-state index contributed by atoms with van der Waals surface area (Å²) in [6, 6.07) is 12.0. The summed E-state index contributed by atoms with van der Waals surface area (Å²) in [4.78, 5) is 31.5. The first-order chi connectivity index (χ1) is 14.0. The highest BCUT2D eigenvalue weighted by Gasteiger charge is 2.24. The second-order valence-electron chi connectivity index (χ2n) is 6.61. The molecule has 0 radical (unpaired) electrons. The fourth-order valence-electron chi connectivity index (χ4n) is 3.20. The Morgan fingerprint density at radius 1 is 1.10 bits per heavy atom. The minimum atomic E-state index is -0.504. The Morgan fingerprint density at radius 2 is 1.83 bits per heavy atom. The van der Waals surface area contributed by atoms with Crippen LogP contribution in [-0.2, 0) is 0 Å². The van der Waals surface area contributed by atoms with Gasteiger partial charge < -0.3 is 9.80 Å². The summed E-state index contributed by atoms with van der Waals surface area (Å²) in [7, 11) is 0. The van der Waals surface area contributed by atoms with Gasteiger partial charge in [-0.15, -0.1) is 11.3 Å². The molecule has 2 heterocycles. The van der Waals surface area contributed by atoms with Gasteiger partial charge in [0.2, 0.25) is 0 Å². The Hall–Kier alpha value is -3.33. The lowest BCUT2D eigenvalue weighted by Gasteiger charge is -2.34. The molecule has 0 aliphatic carbocycles. The first kappa shape index (κ1) is 19.0. The minimum absolute atomic E-state index is 0.0920. The number of non-ortho nitro benzene ring substituents is 1. The third kappa shape index (κ3) is 4.09. The molecular formula is C20H17FN4O3S. The molecule has 9 heteroatoms. The zero-order valence-electron chi connectivity index (χ0n) is 15.3. The average molecular weight is 412 g/mol. The van der Waals surface area contributed by atoms with Crippen molar-refractivity contribution in [2.45, 2.75) is 0 Å². The largest absolute Gasteiger partial charge is 0.345 e. The summed E-state index contributed by atoms with van der Waals surface area (Å²) in [5.74, 6) is -0.492. The zero-order valence-corrected chi connectivity index (χ0v) is 16.1. The lowest BCUT2D eigenvalue weighted by molar-refractivity contribution is -0.384. The molecule has 0 unspecified atom stereocenters. The van der Waals surface area contributed by atoms with Crippen LogP contribution in [0.1, 0.15) is 10.4 Å². The van der Waals surface area contributed by atoms with Crippen molar-refractivity contribution < 1.29 is 14.1 Å². The van der Waals surface area contributed by atoms with Crippen molar-refractivity contribution in [3.8, 4) is 11.3 Å². The van der Waals surface area contributed by atoms with Crippen LogP contribution in [0.25, 0.3) is 11.3 Å². The summed E-state index contributed by atoms with van der Waals surface area (Å²) in [5, 5.41) is 13.7. The average Bonchev–Trinajstić information content (AvgIpc) is 3.24. The Labute approximate surface area is 170 Å². The quantitative estimate of drug-likeness (QED) is 0.481. The van der Waals surface area contributed by atoms with Crippen LogP contribution in [0.4, 0.5) is 15.2 Å². The van der Waals surface area contributed by atoms with Crippen LogP contribution in [0.2, 0.25) is 0 Å². The van der Waals surface area contributed by atoms with Crippen LogP contribution < -0.4 is 4.90 Å². The molecule has 0 spiro atoms. The van der Waals surface area contributed by atoms with E-state index in [1.54, 1.807) is 23.1 Å². The Morgan fingerprint density at radius 3 is 2.52 bits per heavy atom. The zero-order chi connectivity index (χ0) is 20.4. The van der Waals surface area contributed by atoms with E-state index in [1.807, 2.05) is 5.38 Å². The van der Waals surface area contributed by atoms with E-state index in [9.17, 15) is 19.3 Å². The summed E-state index contributed by atoms with van der Waals surface area (Å²) in [6.07, 6.45) is 0. The van der Waals surface area contributed by atoms with Crippen LogP contribution in [0.3, 0.4) is 0 Å². The van der Waals surface area contributed by atoms with E-state index in [2.05, 4.69) is 9.88 Å². The number of anilines is 1. The number of amides is 1. The molecule has 1 aliphatic heterocycles. The first-order valence-corrected chi connectivity index (χ1v) is 9.89. The van der Waals surface area contributed by atoms with E-state index < -0.39 is 4.92 Å². The van der Waals surface area contributed by atoms with Crippen LogP contribution in [0.5, 0.6) is 0 Å². The van der Waals surface area contributed by atoms with Crippen molar-refractivity contribution in [2.24, 2.45) is 0 Å². The van der Waals surface area contributed by atoms with Gasteiger partial charge in [0.15, 0.2) is 5.13 Å². The summed E-state index contributed by atoms with van der Waals surface area (Å²) in [6.45, 7) is 2.26. The molecular weight excluding hydrogens is 395 g/mol. The van der Waals surface area contributed by atoms with Gasteiger partial charge in [0.05, 0.1) is 10.6 Å². The van der Waals surface area contributed by atoms with Gasteiger partial charge >= 0.3 is 0 Å². The highest BCUT2D eigenvalue weighted by Crippen LogP contribution is 2.28. The monoisotopic (exact) mass is 412 g/mol. The van der Waals surface area contributed by atoms with Crippen molar-refractivity contribution >= 4 is 28.1 Å². The predicted octanol–water partition coefficient (Wildman–Crippen LogP) is 3.82. The van der Waals surface area contributed by atoms with Crippen LogP contribution >= 0.6 is 11.3 Å². The van der Waals surface area contributed by atoms with Crippen molar-refractivity contribution in [2.75, 3.05) is 31.1 Å². The van der Waals surface area contributed by atoms with Crippen LogP contribution in [0.15, 0.2) is 53.9 Å².